The third-order valence-corrected chi connectivity index (χ3v) is 7.39. The van der Waals surface area contributed by atoms with E-state index in [1.54, 1.807) is 11.1 Å². The van der Waals surface area contributed by atoms with E-state index in [0.29, 0.717) is 23.7 Å². The van der Waals surface area contributed by atoms with Gasteiger partial charge >= 0.3 is 5.97 Å². The van der Waals surface area contributed by atoms with Gasteiger partial charge in [-0.25, -0.2) is 0 Å². The maximum absolute atomic E-state index is 11.9. The fourth-order valence-electron chi connectivity index (χ4n) is 6.13. The SMILES string of the molecule is C=C1CCC2=C3[C@H]1[C@@H](C1OC1(C)C)[C@H](OC(C)=O)[C@@H](C)[C@@H]3CC[C@H]2C. The summed E-state index contributed by atoms with van der Waals surface area (Å²) in [5, 5.41) is 0. The van der Waals surface area contributed by atoms with Crippen LogP contribution in [0.1, 0.15) is 60.3 Å². The van der Waals surface area contributed by atoms with E-state index in [-0.39, 0.29) is 29.7 Å². The van der Waals surface area contributed by atoms with Crippen molar-refractivity contribution < 1.29 is 14.3 Å². The zero-order valence-electron chi connectivity index (χ0n) is 16.3. The monoisotopic (exact) mass is 344 g/mol. The third-order valence-electron chi connectivity index (χ3n) is 7.39. The molecule has 0 bridgehead atoms. The predicted octanol–water partition coefficient (Wildman–Crippen LogP) is 4.67. The number of allylic oxidation sites excluding steroid dienone is 3. The van der Waals surface area contributed by atoms with Crippen LogP contribution in [-0.2, 0) is 14.3 Å². The Morgan fingerprint density at radius 2 is 1.92 bits per heavy atom. The lowest BCUT2D eigenvalue weighted by molar-refractivity contribution is -0.158. The smallest absolute Gasteiger partial charge is 0.302 e. The van der Waals surface area contributed by atoms with Crippen LogP contribution in [0.3, 0.4) is 0 Å². The first-order chi connectivity index (χ1) is 11.7. The minimum atomic E-state index is -0.168. The van der Waals surface area contributed by atoms with Gasteiger partial charge in [0.15, 0.2) is 0 Å². The molecule has 1 saturated carbocycles. The quantitative estimate of drug-likeness (QED) is 0.415. The number of hydrogen-bond acceptors (Lipinski definition) is 3. The molecule has 3 heteroatoms. The van der Waals surface area contributed by atoms with Gasteiger partial charge in [0.2, 0.25) is 0 Å². The highest BCUT2D eigenvalue weighted by molar-refractivity contribution is 5.66. The minimum Gasteiger partial charge on any atom is -0.462 e. The van der Waals surface area contributed by atoms with E-state index in [1.165, 1.54) is 31.8 Å². The van der Waals surface area contributed by atoms with Gasteiger partial charge in [-0.2, -0.15) is 0 Å². The first-order valence-electron chi connectivity index (χ1n) is 9.98. The molecule has 0 N–H and O–H groups in total. The lowest BCUT2D eigenvalue weighted by Gasteiger charge is -2.53. The summed E-state index contributed by atoms with van der Waals surface area (Å²) in [6, 6.07) is 0. The summed E-state index contributed by atoms with van der Waals surface area (Å²) in [5.41, 5.74) is 4.56. The summed E-state index contributed by atoms with van der Waals surface area (Å²) in [7, 11) is 0. The fraction of sp³-hybridized carbons (Fsp3) is 0.773. The van der Waals surface area contributed by atoms with E-state index in [4.69, 9.17) is 9.47 Å². The van der Waals surface area contributed by atoms with Crippen molar-refractivity contribution in [3.8, 4) is 0 Å². The van der Waals surface area contributed by atoms with E-state index in [2.05, 4.69) is 34.3 Å². The van der Waals surface area contributed by atoms with Gasteiger partial charge in [-0.15, -0.1) is 0 Å². The van der Waals surface area contributed by atoms with E-state index >= 15 is 0 Å². The molecule has 0 aromatic heterocycles. The van der Waals surface area contributed by atoms with Gasteiger partial charge in [0.1, 0.15) is 6.10 Å². The number of ether oxygens (including phenoxy) is 2. The zero-order chi connectivity index (χ0) is 18.1. The zero-order valence-corrected chi connectivity index (χ0v) is 16.3. The molecule has 4 aliphatic rings. The summed E-state index contributed by atoms with van der Waals surface area (Å²) in [4.78, 5) is 11.9. The molecule has 1 heterocycles. The molecule has 1 saturated heterocycles. The van der Waals surface area contributed by atoms with Gasteiger partial charge in [-0.05, 0) is 51.4 Å². The molecule has 3 aliphatic carbocycles. The number of rotatable bonds is 2. The van der Waals surface area contributed by atoms with Crippen LogP contribution in [-0.4, -0.2) is 23.8 Å². The van der Waals surface area contributed by atoms with Crippen molar-refractivity contribution >= 4 is 5.97 Å². The van der Waals surface area contributed by atoms with Crippen LogP contribution >= 0.6 is 0 Å². The van der Waals surface area contributed by atoms with E-state index in [1.807, 2.05) is 0 Å². The Bertz CT molecular complexity index is 644. The summed E-state index contributed by atoms with van der Waals surface area (Å²) in [6.07, 6.45) is 4.82. The van der Waals surface area contributed by atoms with Crippen LogP contribution in [0, 0.1) is 29.6 Å². The van der Waals surface area contributed by atoms with Crippen molar-refractivity contribution in [1.29, 1.82) is 0 Å². The van der Waals surface area contributed by atoms with Gasteiger partial charge < -0.3 is 9.47 Å². The molecule has 0 amide bonds. The summed E-state index contributed by atoms with van der Waals surface area (Å²) < 4.78 is 12.0. The Hall–Kier alpha value is -1.09. The largest absolute Gasteiger partial charge is 0.462 e. The van der Waals surface area contributed by atoms with Gasteiger partial charge in [0.25, 0.3) is 0 Å². The Labute approximate surface area is 151 Å². The first kappa shape index (κ1) is 17.3. The van der Waals surface area contributed by atoms with E-state index in [0.717, 1.165) is 6.42 Å². The second kappa shape index (κ2) is 5.70. The fourth-order valence-corrected chi connectivity index (χ4v) is 6.13. The number of hydrogen-bond donors (Lipinski definition) is 0. The molecule has 138 valence electrons. The van der Waals surface area contributed by atoms with Crippen molar-refractivity contribution in [2.45, 2.75) is 78.1 Å². The topological polar surface area (TPSA) is 38.8 Å². The molecule has 0 spiro atoms. The van der Waals surface area contributed by atoms with Gasteiger partial charge in [-0.3, -0.25) is 4.79 Å². The summed E-state index contributed by atoms with van der Waals surface area (Å²) in [6.45, 7) is 15.0. The molecule has 0 radical (unpaired) electrons. The summed E-state index contributed by atoms with van der Waals surface area (Å²) >= 11 is 0. The number of carbonyl (C=O) groups is 1. The lowest BCUT2D eigenvalue weighted by atomic mass is 9.53. The molecule has 1 aliphatic heterocycles. The highest BCUT2D eigenvalue weighted by atomic mass is 16.6. The lowest BCUT2D eigenvalue weighted by Crippen LogP contribution is -2.52. The molecule has 2 fully saturated rings. The average molecular weight is 344 g/mol. The Kier molecular flexibility index (Phi) is 3.95. The van der Waals surface area contributed by atoms with Crippen molar-refractivity contribution in [3.63, 3.8) is 0 Å². The highest BCUT2D eigenvalue weighted by Crippen LogP contribution is 2.60. The van der Waals surface area contributed by atoms with Crippen molar-refractivity contribution in [2.75, 3.05) is 0 Å². The maximum Gasteiger partial charge on any atom is 0.302 e. The molecule has 1 unspecified atom stereocenters. The molecule has 3 nitrogen and oxygen atoms in total. The van der Waals surface area contributed by atoms with Gasteiger partial charge in [0.05, 0.1) is 11.7 Å². The molecule has 0 aromatic carbocycles. The number of epoxide rings is 1. The molecular weight excluding hydrogens is 312 g/mol. The van der Waals surface area contributed by atoms with Crippen LogP contribution in [0.2, 0.25) is 0 Å². The second-order valence-electron chi connectivity index (χ2n) is 9.35. The third kappa shape index (κ3) is 2.61. The van der Waals surface area contributed by atoms with Crippen LogP contribution in [0.4, 0.5) is 0 Å². The molecular formula is C22H32O3. The Morgan fingerprint density at radius 3 is 2.52 bits per heavy atom. The second-order valence-corrected chi connectivity index (χ2v) is 9.35. The van der Waals surface area contributed by atoms with Gasteiger partial charge in [-0.1, -0.05) is 37.1 Å². The van der Waals surface area contributed by atoms with Crippen LogP contribution in [0.25, 0.3) is 0 Å². The Morgan fingerprint density at radius 1 is 1.24 bits per heavy atom. The predicted molar refractivity (Wildman–Crippen MR) is 97.9 cm³/mol. The molecule has 4 rings (SSSR count). The molecule has 0 aromatic rings. The standard InChI is InChI=1S/C22H32O3/c1-11-7-10-16-13(3)20(24-14(4)23)19(21-22(5,6)25-21)17-12(2)8-9-15(11)18(16)17/h11,13,16-17,19-21H,2,7-10H2,1,3-6H3/t11-,13+,16+,17+,19-,20-,21?/m1/s1. The number of carbonyl (C=O) groups excluding carboxylic acids is 1. The van der Waals surface area contributed by atoms with Crippen molar-refractivity contribution in [3.05, 3.63) is 23.3 Å². The van der Waals surface area contributed by atoms with E-state index in [9.17, 15) is 4.79 Å². The molecule has 25 heavy (non-hydrogen) atoms. The Balaban J connectivity index is 1.82. The van der Waals surface area contributed by atoms with Crippen molar-refractivity contribution in [2.24, 2.45) is 29.6 Å². The average Bonchev–Trinajstić information content (AvgIpc) is 3.15. The van der Waals surface area contributed by atoms with Crippen LogP contribution < -0.4 is 0 Å². The van der Waals surface area contributed by atoms with E-state index < -0.39 is 0 Å². The van der Waals surface area contributed by atoms with Crippen LogP contribution in [0.15, 0.2) is 23.3 Å². The minimum absolute atomic E-state index is 0.0625. The van der Waals surface area contributed by atoms with Crippen molar-refractivity contribution in [1.82, 2.24) is 0 Å². The van der Waals surface area contributed by atoms with Crippen LogP contribution in [0.5, 0.6) is 0 Å². The first-order valence-corrected chi connectivity index (χ1v) is 9.98. The molecule has 7 atom stereocenters. The normalized spacial score (nSPS) is 45.0. The highest BCUT2D eigenvalue weighted by Gasteiger charge is 2.62. The van der Waals surface area contributed by atoms with Gasteiger partial charge in [0, 0.05) is 24.7 Å². The maximum atomic E-state index is 11.9. The number of esters is 1. The summed E-state index contributed by atoms with van der Waals surface area (Å²) in [5.74, 6) is 1.97.